The lowest BCUT2D eigenvalue weighted by Gasteiger charge is -2.09. The van der Waals surface area contributed by atoms with Crippen LogP contribution >= 0.6 is 11.8 Å². The predicted molar refractivity (Wildman–Crippen MR) is 70.8 cm³/mol. The highest BCUT2D eigenvalue weighted by Gasteiger charge is 2.30. The minimum atomic E-state index is -0.144. The van der Waals surface area contributed by atoms with E-state index in [-0.39, 0.29) is 16.7 Å². The molecule has 1 amide bonds. The predicted octanol–water partition coefficient (Wildman–Crippen LogP) is 1.05. The van der Waals surface area contributed by atoms with Gasteiger partial charge in [-0.1, -0.05) is 25.1 Å². The van der Waals surface area contributed by atoms with E-state index in [1.54, 1.807) is 11.9 Å². The summed E-state index contributed by atoms with van der Waals surface area (Å²) in [4.78, 5) is 32.1. The Balaban J connectivity index is 2.14. The number of aromatic nitrogens is 2. The number of rotatable bonds is 4. The summed E-state index contributed by atoms with van der Waals surface area (Å²) < 4.78 is 0. The molecule has 1 N–H and O–H groups in total. The van der Waals surface area contributed by atoms with E-state index in [2.05, 4.69) is 9.97 Å². The summed E-state index contributed by atoms with van der Waals surface area (Å²) in [5.74, 6) is 0.114. The van der Waals surface area contributed by atoms with Gasteiger partial charge >= 0.3 is 0 Å². The first-order valence-corrected chi connectivity index (χ1v) is 7.00. The van der Waals surface area contributed by atoms with Crippen molar-refractivity contribution in [1.82, 2.24) is 14.9 Å². The van der Waals surface area contributed by atoms with E-state index < -0.39 is 0 Å². The van der Waals surface area contributed by atoms with Gasteiger partial charge < -0.3 is 9.88 Å². The first kappa shape index (κ1) is 13.1. The van der Waals surface area contributed by atoms with Crippen molar-refractivity contribution < 1.29 is 4.79 Å². The van der Waals surface area contributed by atoms with Crippen molar-refractivity contribution in [3.05, 3.63) is 22.1 Å². The molecule has 2 rings (SSSR count). The maximum absolute atomic E-state index is 11.8. The molecule has 18 heavy (non-hydrogen) atoms. The zero-order valence-corrected chi connectivity index (χ0v) is 11.4. The number of likely N-dealkylation sites (tertiary alicyclic amines) is 1. The number of nitrogens with zero attached hydrogens (tertiary/aromatic N) is 2. The number of carbonyl (C=O) groups excluding carboxylic acids is 1. The van der Waals surface area contributed by atoms with E-state index in [0.717, 1.165) is 31.5 Å². The summed E-state index contributed by atoms with van der Waals surface area (Å²) in [6, 6.07) is 1.52. The molecule has 5 nitrogen and oxygen atoms in total. The van der Waals surface area contributed by atoms with Gasteiger partial charge in [0.25, 0.3) is 5.56 Å². The lowest BCUT2D eigenvalue weighted by Crippen LogP contribution is -2.24. The van der Waals surface area contributed by atoms with Gasteiger partial charge in [-0.15, -0.1) is 0 Å². The molecular formula is C12H17N3O2S. The Kier molecular flexibility index (Phi) is 4.06. The van der Waals surface area contributed by atoms with Crippen LogP contribution in [-0.4, -0.2) is 39.6 Å². The molecule has 1 aliphatic heterocycles. The summed E-state index contributed by atoms with van der Waals surface area (Å²) in [5.41, 5.74) is 0.650. The molecule has 2 heterocycles. The van der Waals surface area contributed by atoms with Gasteiger partial charge in [-0.25, -0.2) is 4.98 Å². The van der Waals surface area contributed by atoms with E-state index in [1.165, 1.54) is 17.8 Å². The second-order valence-electron chi connectivity index (χ2n) is 4.45. The first-order chi connectivity index (χ1) is 8.60. The number of H-pyrrole nitrogens is 1. The van der Waals surface area contributed by atoms with Gasteiger partial charge in [0.05, 0.1) is 5.25 Å². The second kappa shape index (κ2) is 5.56. The van der Waals surface area contributed by atoms with Crippen molar-refractivity contribution in [2.24, 2.45) is 0 Å². The average molecular weight is 267 g/mol. The second-order valence-corrected chi connectivity index (χ2v) is 5.64. The van der Waals surface area contributed by atoms with Crippen LogP contribution in [0, 0.1) is 0 Å². The topological polar surface area (TPSA) is 66.1 Å². The number of aryl methyl sites for hydroxylation is 1. The smallest absolute Gasteiger partial charge is 0.251 e. The highest BCUT2D eigenvalue weighted by atomic mass is 32.2. The fourth-order valence-electron chi connectivity index (χ4n) is 1.96. The molecule has 0 radical (unpaired) electrons. The fraction of sp³-hybridized carbons (Fsp3) is 0.583. The Labute approximate surface area is 110 Å². The van der Waals surface area contributed by atoms with E-state index in [9.17, 15) is 9.59 Å². The standard InChI is InChI=1S/C12H17N3O2S/c1-3-4-8-7-10(16)14-12(13-8)18-9-5-6-15(2)11(9)17/h7,9H,3-6H2,1-2H3,(H,13,14,16)/t9-/m0/s1. The van der Waals surface area contributed by atoms with Crippen molar-refractivity contribution >= 4 is 17.7 Å². The molecule has 1 aromatic rings. The number of aromatic amines is 1. The molecule has 0 bridgehead atoms. The molecule has 0 saturated carbocycles. The number of thioether (sulfide) groups is 1. The van der Waals surface area contributed by atoms with Gasteiger partial charge in [-0.3, -0.25) is 9.59 Å². The number of hydrogen-bond donors (Lipinski definition) is 1. The normalized spacial score (nSPS) is 19.6. The number of carbonyl (C=O) groups is 1. The van der Waals surface area contributed by atoms with E-state index in [0.29, 0.717) is 5.16 Å². The van der Waals surface area contributed by atoms with Crippen LogP contribution in [0.5, 0.6) is 0 Å². The maximum Gasteiger partial charge on any atom is 0.251 e. The Bertz CT molecular complexity index is 500. The van der Waals surface area contributed by atoms with Crippen LogP contribution in [0.1, 0.15) is 25.5 Å². The first-order valence-electron chi connectivity index (χ1n) is 6.12. The van der Waals surface area contributed by atoms with Crippen molar-refractivity contribution in [3.63, 3.8) is 0 Å². The molecule has 1 atom stereocenters. The van der Waals surface area contributed by atoms with Crippen LogP contribution in [0.25, 0.3) is 0 Å². The van der Waals surface area contributed by atoms with E-state index in [4.69, 9.17) is 0 Å². The molecule has 0 aliphatic carbocycles. The van der Waals surface area contributed by atoms with Crippen molar-refractivity contribution in [1.29, 1.82) is 0 Å². The number of nitrogens with one attached hydrogen (secondary N) is 1. The average Bonchev–Trinajstić information content (AvgIpc) is 2.61. The Morgan fingerprint density at radius 2 is 2.33 bits per heavy atom. The Hall–Kier alpha value is -1.30. The monoisotopic (exact) mass is 267 g/mol. The van der Waals surface area contributed by atoms with Crippen molar-refractivity contribution in [2.45, 2.75) is 36.6 Å². The van der Waals surface area contributed by atoms with Crippen LogP contribution < -0.4 is 5.56 Å². The van der Waals surface area contributed by atoms with Crippen LogP contribution in [0.3, 0.4) is 0 Å². The molecule has 1 fully saturated rings. The quantitative estimate of drug-likeness (QED) is 0.828. The van der Waals surface area contributed by atoms with Crippen LogP contribution in [0.15, 0.2) is 16.0 Å². The summed E-state index contributed by atoms with van der Waals surface area (Å²) >= 11 is 1.36. The van der Waals surface area contributed by atoms with Crippen LogP contribution in [-0.2, 0) is 11.2 Å². The maximum atomic E-state index is 11.8. The van der Waals surface area contributed by atoms with Gasteiger partial charge in [0, 0.05) is 25.4 Å². The van der Waals surface area contributed by atoms with Crippen LogP contribution in [0.2, 0.25) is 0 Å². The minimum absolute atomic E-state index is 0.114. The lowest BCUT2D eigenvalue weighted by molar-refractivity contribution is -0.126. The molecule has 1 aliphatic rings. The number of amides is 1. The lowest BCUT2D eigenvalue weighted by atomic mass is 10.2. The minimum Gasteiger partial charge on any atom is -0.345 e. The summed E-state index contributed by atoms with van der Waals surface area (Å²) in [7, 11) is 1.80. The van der Waals surface area contributed by atoms with Crippen LogP contribution in [0.4, 0.5) is 0 Å². The highest BCUT2D eigenvalue weighted by Crippen LogP contribution is 2.27. The van der Waals surface area contributed by atoms with Gasteiger partial charge in [-0.05, 0) is 12.8 Å². The summed E-state index contributed by atoms with van der Waals surface area (Å²) in [6.45, 7) is 2.82. The molecular weight excluding hydrogens is 250 g/mol. The van der Waals surface area contributed by atoms with Crippen molar-refractivity contribution in [2.75, 3.05) is 13.6 Å². The zero-order valence-electron chi connectivity index (χ0n) is 10.6. The zero-order chi connectivity index (χ0) is 13.1. The van der Waals surface area contributed by atoms with Gasteiger partial charge in [0.15, 0.2) is 5.16 Å². The SMILES string of the molecule is CCCc1cc(=O)[nH]c(S[C@H]2CCN(C)C2=O)n1. The Morgan fingerprint density at radius 1 is 1.56 bits per heavy atom. The third-order valence-electron chi connectivity index (χ3n) is 2.91. The molecule has 6 heteroatoms. The molecule has 0 spiro atoms. The molecule has 0 aromatic carbocycles. The van der Waals surface area contributed by atoms with E-state index >= 15 is 0 Å². The van der Waals surface area contributed by atoms with Gasteiger partial charge in [-0.2, -0.15) is 0 Å². The Morgan fingerprint density at radius 3 is 2.94 bits per heavy atom. The van der Waals surface area contributed by atoms with Crippen molar-refractivity contribution in [3.8, 4) is 0 Å². The van der Waals surface area contributed by atoms with Gasteiger partial charge in [0.1, 0.15) is 0 Å². The summed E-state index contributed by atoms with van der Waals surface area (Å²) in [5, 5.41) is 0.439. The molecule has 0 unspecified atom stereocenters. The molecule has 1 aromatic heterocycles. The van der Waals surface area contributed by atoms with E-state index in [1.807, 2.05) is 6.92 Å². The molecule has 1 saturated heterocycles. The largest absolute Gasteiger partial charge is 0.345 e. The van der Waals surface area contributed by atoms with Gasteiger partial charge in [0.2, 0.25) is 5.91 Å². The molecule has 98 valence electrons. The fourth-order valence-corrected chi connectivity index (χ4v) is 3.06. The number of hydrogen-bond acceptors (Lipinski definition) is 4. The third-order valence-corrected chi connectivity index (χ3v) is 4.05. The highest BCUT2D eigenvalue weighted by molar-refractivity contribution is 8.00. The third kappa shape index (κ3) is 2.93. The summed E-state index contributed by atoms with van der Waals surface area (Å²) in [6.07, 6.45) is 2.55.